The third-order valence-corrected chi connectivity index (χ3v) is 2.02. The van der Waals surface area contributed by atoms with Gasteiger partial charge in [-0.3, -0.25) is 0 Å². The van der Waals surface area contributed by atoms with E-state index in [1.807, 2.05) is 6.07 Å². The zero-order valence-electron chi connectivity index (χ0n) is 6.46. The van der Waals surface area contributed by atoms with Gasteiger partial charge < -0.3 is 5.11 Å². The highest BCUT2D eigenvalue weighted by molar-refractivity contribution is 6.35. The van der Waals surface area contributed by atoms with E-state index in [1.54, 1.807) is 12.1 Å². The second kappa shape index (κ2) is 4.18. The smallest absolute Gasteiger partial charge is 0.103 e. The lowest BCUT2D eigenvalue weighted by atomic mass is 10.1. The predicted octanol–water partition coefficient (Wildman–Crippen LogP) is 3.42. The Morgan fingerprint density at radius 3 is 2.62 bits per heavy atom. The molecule has 0 atom stereocenters. The molecule has 0 saturated heterocycles. The number of hydrogen-bond acceptors (Lipinski definition) is 2. The van der Waals surface area contributed by atoms with E-state index in [-0.39, 0.29) is 5.57 Å². The molecule has 0 aliphatic carbocycles. The monoisotopic (exact) mass is 213 g/mol. The van der Waals surface area contributed by atoms with Crippen LogP contribution in [0, 0.1) is 11.3 Å². The molecule has 66 valence electrons. The first-order valence-electron chi connectivity index (χ1n) is 3.39. The van der Waals surface area contributed by atoms with Crippen molar-refractivity contribution in [3.8, 4) is 6.07 Å². The highest BCUT2D eigenvalue weighted by atomic mass is 35.5. The van der Waals surface area contributed by atoms with Gasteiger partial charge in [-0.1, -0.05) is 29.3 Å². The molecule has 0 aliphatic heterocycles. The molecule has 2 nitrogen and oxygen atoms in total. The van der Waals surface area contributed by atoms with Crippen LogP contribution < -0.4 is 0 Å². The van der Waals surface area contributed by atoms with Gasteiger partial charge in [-0.05, 0) is 12.1 Å². The second-order valence-corrected chi connectivity index (χ2v) is 3.12. The van der Waals surface area contributed by atoms with Crippen LogP contribution in [0.1, 0.15) is 5.56 Å². The highest BCUT2D eigenvalue weighted by Gasteiger charge is 2.05. The largest absolute Gasteiger partial charge is 0.514 e. The Morgan fingerprint density at radius 2 is 2.15 bits per heavy atom. The molecule has 4 heteroatoms. The molecule has 1 rings (SSSR count). The summed E-state index contributed by atoms with van der Waals surface area (Å²) in [6.07, 6.45) is 0.717. The van der Waals surface area contributed by atoms with Crippen LogP contribution in [0.3, 0.4) is 0 Å². The molecule has 1 N–H and O–H groups in total. The Hall–Kier alpha value is -1.17. The van der Waals surface area contributed by atoms with Crippen LogP contribution in [0.2, 0.25) is 10.0 Å². The van der Waals surface area contributed by atoms with Crippen LogP contribution in [0.25, 0.3) is 5.57 Å². The van der Waals surface area contributed by atoms with Gasteiger partial charge in [-0.15, -0.1) is 0 Å². The molecule has 0 heterocycles. The van der Waals surface area contributed by atoms with Crippen molar-refractivity contribution in [1.29, 1.82) is 5.26 Å². The fraction of sp³-hybridized carbons (Fsp3) is 0. The van der Waals surface area contributed by atoms with Crippen LogP contribution in [0.15, 0.2) is 24.5 Å². The summed E-state index contributed by atoms with van der Waals surface area (Å²) in [7, 11) is 0. The van der Waals surface area contributed by atoms with Crippen molar-refractivity contribution in [1.82, 2.24) is 0 Å². The first-order chi connectivity index (χ1) is 6.19. The summed E-state index contributed by atoms with van der Waals surface area (Å²) in [6, 6.07) is 6.51. The first kappa shape index (κ1) is 9.91. The van der Waals surface area contributed by atoms with E-state index in [0.29, 0.717) is 15.6 Å². The number of rotatable bonds is 1. The predicted molar refractivity (Wildman–Crippen MR) is 52.7 cm³/mol. The molecule has 0 aromatic heterocycles. The molecule has 0 aliphatic rings. The molecule has 0 radical (unpaired) electrons. The Balaban J connectivity index is 3.25. The van der Waals surface area contributed by atoms with Crippen molar-refractivity contribution in [2.24, 2.45) is 0 Å². The van der Waals surface area contributed by atoms with Crippen LogP contribution in [0.5, 0.6) is 0 Å². The fourth-order valence-corrected chi connectivity index (χ4v) is 1.38. The lowest BCUT2D eigenvalue weighted by Gasteiger charge is -2.00. The van der Waals surface area contributed by atoms with Gasteiger partial charge >= 0.3 is 0 Å². The van der Waals surface area contributed by atoms with Gasteiger partial charge in [-0.25, -0.2) is 0 Å². The van der Waals surface area contributed by atoms with Crippen molar-refractivity contribution in [2.75, 3.05) is 0 Å². The lowest BCUT2D eigenvalue weighted by molar-refractivity contribution is 0.476. The Morgan fingerprint density at radius 1 is 1.46 bits per heavy atom. The maximum absolute atomic E-state index is 8.70. The van der Waals surface area contributed by atoms with Crippen LogP contribution in [0.4, 0.5) is 0 Å². The van der Waals surface area contributed by atoms with Gasteiger partial charge in [0.25, 0.3) is 0 Å². The fourth-order valence-electron chi connectivity index (χ4n) is 0.867. The number of nitriles is 1. The second-order valence-electron chi connectivity index (χ2n) is 2.28. The first-order valence-corrected chi connectivity index (χ1v) is 4.14. The normalized spacial score (nSPS) is 11.0. The molecule has 13 heavy (non-hydrogen) atoms. The topological polar surface area (TPSA) is 44.0 Å². The van der Waals surface area contributed by atoms with E-state index in [2.05, 4.69) is 0 Å². The summed E-state index contributed by atoms with van der Waals surface area (Å²) in [5, 5.41) is 18.1. The van der Waals surface area contributed by atoms with Crippen molar-refractivity contribution in [3.63, 3.8) is 0 Å². The Kier molecular flexibility index (Phi) is 3.18. The summed E-state index contributed by atoms with van der Waals surface area (Å²) in [6.45, 7) is 0. The third-order valence-electron chi connectivity index (χ3n) is 1.47. The summed E-state index contributed by atoms with van der Waals surface area (Å²) >= 11 is 11.5. The highest BCUT2D eigenvalue weighted by Crippen LogP contribution is 2.26. The Bertz CT molecular complexity index is 393. The van der Waals surface area contributed by atoms with Crippen LogP contribution in [-0.4, -0.2) is 5.11 Å². The molecule has 0 unspecified atom stereocenters. The van der Waals surface area contributed by atoms with Gasteiger partial charge in [0.2, 0.25) is 0 Å². The quantitative estimate of drug-likeness (QED) is 0.574. The van der Waals surface area contributed by atoms with E-state index in [1.165, 1.54) is 6.07 Å². The van der Waals surface area contributed by atoms with Crippen molar-refractivity contribution in [2.45, 2.75) is 0 Å². The van der Waals surface area contributed by atoms with E-state index in [4.69, 9.17) is 33.6 Å². The molecule has 0 bridgehead atoms. The molecule has 1 aromatic rings. The van der Waals surface area contributed by atoms with E-state index in [9.17, 15) is 0 Å². The molecular formula is C9H5Cl2NO. The van der Waals surface area contributed by atoms with Gasteiger partial charge in [0, 0.05) is 10.6 Å². The Labute approximate surface area is 85.6 Å². The summed E-state index contributed by atoms with van der Waals surface area (Å²) in [5.41, 5.74) is 0.581. The lowest BCUT2D eigenvalue weighted by Crippen LogP contribution is -1.83. The standard InChI is InChI=1S/C9H5Cl2NO/c10-7-1-2-8(9(11)3-7)6(4-12)5-13/h1-3,5,13H. The molecule has 0 fully saturated rings. The number of benzene rings is 1. The van der Waals surface area contributed by atoms with Crippen molar-refractivity contribution >= 4 is 28.8 Å². The third kappa shape index (κ3) is 2.15. The van der Waals surface area contributed by atoms with E-state index >= 15 is 0 Å². The average Bonchev–Trinajstić information content (AvgIpc) is 2.10. The van der Waals surface area contributed by atoms with Crippen LogP contribution in [-0.2, 0) is 0 Å². The van der Waals surface area contributed by atoms with Crippen LogP contribution >= 0.6 is 23.2 Å². The summed E-state index contributed by atoms with van der Waals surface area (Å²) in [5.74, 6) is 0. The number of allylic oxidation sites excluding steroid dienone is 1. The van der Waals surface area contributed by atoms with Gasteiger partial charge in [0.15, 0.2) is 0 Å². The zero-order chi connectivity index (χ0) is 9.84. The van der Waals surface area contributed by atoms with Gasteiger partial charge in [0.05, 0.1) is 16.9 Å². The molecular weight excluding hydrogens is 209 g/mol. The maximum atomic E-state index is 8.70. The minimum Gasteiger partial charge on any atom is -0.514 e. The van der Waals surface area contributed by atoms with Crippen molar-refractivity contribution in [3.05, 3.63) is 40.1 Å². The molecule has 1 aromatic carbocycles. The van der Waals surface area contributed by atoms with Crippen molar-refractivity contribution < 1.29 is 5.11 Å². The number of hydrogen-bond donors (Lipinski definition) is 1. The minimum absolute atomic E-state index is 0.113. The maximum Gasteiger partial charge on any atom is 0.103 e. The van der Waals surface area contributed by atoms with E-state index in [0.717, 1.165) is 6.26 Å². The number of nitrogens with zero attached hydrogens (tertiary/aromatic N) is 1. The molecule has 0 saturated carbocycles. The SMILES string of the molecule is N#CC(=CO)c1ccc(Cl)cc1Cl. The number of aliphatic hydroxyl groups is 1. The molecule has 0 spiro atoms. The summed E-state index contributed by atoms with van der Waals surface area (Å²) in [4.78, 5) is 0. The van der Waals surface area contributed by atoms with Gasteiger partial charge in [0.1, 0.15) is 6.07 Å². The van der Waals surface area contributed by atoms with E-state index < -0.39 is 0 Å². The van der Waals surface area contributed by atoms with Gasteiger partial charge in [-0.2, -0.15) is 5.26 Å². The number of aliphatic hydroxyl groups excluding tert-OH is 1. The minimum atomic E-state index is 0.113. The molecule has 0 amide bonds. The number of halogens is 2. The zero-order valence-corrected chi connectivity index (χ0v) is 7.97. The average molecular weight is 214 g/mol. The summed E-state index contributed by atoms with van der Waals surface area (Å²) < 4.78 is 0.